The summed E-state index contributed by atoms with van der Waals surface area (Å²) in [4.78, 5) is 8.95. The summed E-state index contributed by atoms with van der Waals surface area (Å²) in [5.41, 5.74) is 7.80. The van der Waals surface area contributed by atoms with E-state index in [1.54, 1.807) is 23.9 Å². The predicted molar refractivity (Wildman–Crippen MR) is 89.4 cm³/mol. The maximum atomic E-state index is 13.6. The largest absolute Gasteiger partial charge is 0.383 e. The number of aromatic nitrogens is 4. The molecule has 0 spiro atoms. The van der Waals surface area contributed by atoms with Gasteiger partial charge in [-0.1, -0.05) is 26.0 Å². The van der Waals surface area contributed by atoms with Gasteiger partial charge in [0.15, 0.2) is 5.65 Å². The number of aryl methyl sites for hydroxylation is 1. The molecule has 0 aliphatic heterocycles. The molecule has 120 valence electrons. The SMILES string of the molecule is CC(C)CNc1nc(-c2cccc(F)c2)c2c(N)n(C)nc2n1. The lowest BCUT2D eigenvalue weighted by atomic mass is 10.1. The Morgan fingerprint density at radius 1 is 1.30 bits per heavy atom. The number of nitrogens with two attached hydrogens (primary N) is 1. The predicted octanol–water partition coefficient (Wildman–Crippen LogP) is 2.82. The first-order valence-corrected chi connectivity index (χ1v) is 7.45. The second kappa shape index (κ2) is 5.83. The van der Waals surface area contributed by atoms with Gasteiger partial charge in [0.1, 0.15) is 11.6 Å². The van der Waals surface area contributed by atoms with E-state index in [9.17, 15) is 4.39 Å². The quantitative estimate of drug-likeness (QED) is 0.774. The summed E-state index contributed by atoms with van der Waals surface area (Å²) in [7, 11) is 1.74. The number of nitrogens with one attached hydrogen (secondary N) is 1. The Morgan fingerprint density at radius 2 is 2.09 bits per heavy atom. The molecule has 0 aliphatic rings. The topological polar surface area (TPSA) is 81.6 Å². The zero-order chi connectivity index (χ0) is 16.6. The minimum atomic E-state index is -0.326. The van der Waals surface area contributed by atoms with E-state index in [4.69, 9.17) is 5.73 Å². The van der Waals surface area contributed by atoms with Gasteiger partial charge in [-0.05, 0) is 18.1 Å². The van der Waals surface area contributed by atoms with Crippen LogP contribution in [0.25, 0.3) is 22.3 Å². The van der Waals surface area contributed by atoms with Crippen LogP contribution in [0.1, 0.15) is 13.8 Å². The summed E-state index contributed by atoms with van der Waals surface area (Å²) in [6, 6.07) is 6.27. The van der Waals surface area contributed by atoms with Gasteiger partial charge in [-0.15, -0.1) is 0 Å². The third-order valence-corrected chi connectivity index (χ3v) is 3.51. The van der Waals surface area contributed by atoms with E-state index < -0.39 is 0 Å². The third-order valence-electron chi connectivity index (χ3n) is 3.51. The minimum Gasteiger partial charge on any atom is -0.383 e. The van der Waals surface area contributed by atoms with Gasteiger partial charge in [-0.2, -0.15) is 10.1 Å². The van der Waals surface area contributed by atoms with Crippen molar-refractivity contribution in [2.75, 3.05) is 17.6 Å². The number of halogens is 1. The maximum Gasteiger partial charge on any atom is 0.225 e. The van der Waals surface area contributed by atoms with E-state index in [-0.39, 0.29) is 5.82 Å². The molecule has 0 bridgehead atoms. The fourth-order valence-electron chi connectivity index (χ4n) is 2.33. The smallest absolute Gasteiger partial charge is 0.225 e. The molecule has 0 fully saturated rings. The van der Waals surface area contributed by atoms with Crippen LogP contribution < -0.4 is 11.1 Å². The Bertz CT molecular complexity index is 855. The average Bonchev–Trinajstić information content (AvgIpc) is 2.79. The fourth-order valence-corrected chi connectivity index (χ4v) is 2.33. The molecule has 2 aromatic heterocycles. The first-order valence-electron chi connectivity index (χ1n) is 7.45. The molecule has 0 radical (unpaired) electrons. The lowest BCUT2D eigenvalue weighted by Gasteiger charge is -2.10. The Balaban J connectivity index is 2.20. The Hall–Kier alpha value is -2.70. The van der Waals surface area contributed by atoms with E-state index in [1.807, 2.05) is 0 Å². The van der Waals surface area contributed by atoms with Crippen molar-refractivity contribution in [1.29, 1.82) is 0 Å². The summed E-state index contributed by atoms with van der Waals surface area (Å²) in [6.45, 7) is 4.92. The molecular formula is C16H19FN6. The molecule has 0 saturated heterocycles. The van der Waals surface area contributed by atoms with Crippen LogP contribution in [0.15, 0.2) is 24.3 Å². The number of nitrogens with zero attached hydrogens (tertiary/aromatic N) is 4. The number of hydrogen-bond acceptors (Lipinski definition) is 5. The normalized spacial score (nSPS) is 11.3. The van der Waals surface area contributed by atoms with Gasteiger partial charge in [0.2, 0.25) is 5.95 Å². The highest BCUT2D eigenvalue weighted by Crippen LogP contribution is 2.31. The first-order chi connectivity index (χ1) is 11.0. The van der Waals surface area contributed by atoms with Gasteiger partial charge in [0, 0.05) is 19.2 Å². The molecule has 0 unspecified atom stereocenters. The minimum absolute atomic E-state index is 0.326. The Labute approximate surface area is 133 Å². The Morgan fingerprint density at radius 3 is 2.78 bits per heavy atom. The van der Waals surface area contributed by atoms with Crippen molar-refractivity contribution < 1.29 is 4.39 Å². The molecule has 2 heterocycles. The molecule has 3 rings (SSSR count). The Kier molecular flexibility index (Phi) is 3.85. The van der Waals surface area contributed by atoms with Crippen molar-refractivity contribution in [3.63, 3.8) is 0 Å². The van der Waals surface area contributed by atoms with E-state index in [1.165, 1.54) is 12.1 Å². The summed E-state index contributed by atoms with van der Waals surface area (Å²) >= 11 is 0. The number of rotatable bonds is 4. The van der Waals surface area contributed by atoms with Crippen LogP contribution in [0.4, 0.5) is 16.2 Å². The summed E-state index contributed by atoms with van der Waals surface area (Å²) in [5, 5.41) is 8.13. The van der Waals surface area contributed by atoms with Crippen LogP contribution in [0.5, 0.6) is 0 Å². The molecule has 1 aromatic carbocycles. The van der Waals surface area contributed by atoms with Crippen LogP contribution in [0.2, 0.25) is 0 Å². The van der Waals surface area contributed by atoms with Crippen molar-refractivity contribution in [1.82, 2.24) is 19.7 Å². The number of fused-ring (bicyclic) bond motifs is 1. The molecule has 0 saturated carbocycles. The zero-order valence-corrected chi connectivity index (χ0v) is 13.3. The molecule has 23 heavy (non-hydrogen) atoms. The highest BCUT2D eigenvalue weighted by atomic mass is 19.1. The molecular weight excluding hydrogens is 295 g/mol. The van der Waals surface area contributed by atoms with Gasteiger partial charge in [0.05, 0.1) is 11.1 Å². The molecule has 3 aromatic rings. The van der Waals surface area contributed by atoms with Gasteiger partial charge in [-0.25, -0.2) is 9.37 Å². The molecule has 0 aliphatic carbocycles. The van der Waals surface area contributed by atoms with E-state index in [0.717, 1.165) is 6.54 Å². The van der Waals surface area contributed by atoms with Crippen molar-refractivity contribution in [3.8, 4) is 11.3 Å². The van der Waals surface area contributed by atoms with Gasteiger partial charge < -0.3 is 11.1 Å². The zero-order valence-electron chi connectivity index (χ0n) is 13.3. The van der Waals surface area contributed by atoms with Crippen LogP contribution in [0.3, 0.4) is 0 Å². The van der Waals surface area contributed by atoms with E-state index >= 15 is 0 Å². The second-order valence-electron chi connectivity index (χ2n) is 5.89. The average molecular weight is 314 g/mol. The van der Waals surface area contributed by atoms with Crippen molar-refractivity contribution in [2.24, 2.45) is 13.0 Å². The van der Waals surface area contributed by atoms with Gasteiger partial charge in [0.25, 0.3) is 0 Å². The molecule has 0 atom stereocenters. The highest BCUT2D eigenvalue weighted by molar-refractivity contribution is 5.98. The highest BCUT2D eigenvalue weighted by Gasteiger charge is 2.17. The van der Waals surface area contributed by atoms with Gasteiger partial charge in [-0.3, -0.25) is 4.68 Å². The van der Waals surface area contributed by atoms with Gasteiger partial charge >= 0.3 is 0 Å². The molecule has 7 heteroatoms. The van der Waals surface area contributed by atoms with E-state index in [2.05, 4.69) is 34.2 Å². The summed E-state index contributed by atoms with van der Waals surface area (Å²) in [5.74, 6) is 1.03. The van der Waals surface area contributed by atoms with Crippen molar-refractivity contribution >= 4 is 22.8 Å². The fraction of sp³-hybridized carbons (Fsp3) is 0.312. The van der Waals surface area contributed by atoms with Crippen LogP contribution in [-0.2, 0) is 7.05 Å². The monoisotopic (exact) mass is 314 g/mol. The third kappa shape index (κ3) is 2.94. The van der Waals surface area contributed by atoms with Crippen molar-refractivity contribution in [2.45, 2.75) is 13.8 Å². The maximum absolute atomic E-state index is 13.6. The summed E-state index contributed by atoms with van der Waals surface area (Å²) in [6.07, 6.45) is 0. The van der Waals surface area contributed by atoms with Crippen molar-refractivity contribution in [3.05, 3.63) is 30.1 Å². The summed E-state index contributed by atoms with van der Waals surface area (Å²) < 4.78 is 15.2. The lowest BCUT2D eigenvalue weighted by Crippen LogP contribution is -2.11. The molecule has 3 N–H and O–H groups in total. The number of nitrogen functional groups attached to an aromatic ring is 1. The number of anilines is 2. The molecule has 0 amide bonds. The second-order valence-corrected chi connectivity index (χ2v) is 5.89. The lowest BCUT2D eigenvalue weighted by molar-refractivity contribution is 0.628. The van der Waals surface area contributed by atoms with Crippen LogP contribution in [0, 0.1) is 11.7 Å². The molecule has 6 nitrogen and oxygen atoms in total. The standard InChI is InChI=1S/C16H19FN6/c1-9(2)8-19-16-20-13(10-5-4-6-11(17)7-10)12-14(18)23(3)22-15(12)21-16/h4-7,9H,8,18H2,1-3H3,(H,19,21,22). The van der Waals surface area contributed by atoms with Crippen LogP contribution >= 0.6 is 0 Å². The van der Waals surface area contributed by atoms with Crippen LogP contribution in [-0.4, -0.2) is 26.3 Å². The number of hydrogen-bond donors (Lipinski definition) is 2. The number of benzene rings is 1. The van der Waals surface area contributed by atoms with E-state index in [0.29, 0.717) is 40.0 Å². The first kappa shape index (κ1) is 15.2.